The molecule has 0 bridgehead atoms. The van der Waals surface area contributed by atoms with Crippen LogP contribution in [0, 0.1) is 6.92 Å². The summed E-state index contributed by atoms with van der Waals surface area (Å²) in [7, 11) is 3.22. The van der Waals surface area contributed by atoms with Crippen molar-refractivity contribution in [3.05, 3.63) is 41.2 Å². The summed E-state index contributed by atoms with van der Waals surface area (Å²) in [6.45, 7) is 2.01. The molecule has 23 heavy (non-hydrogen) atoms. The van der Waals surface area contributed by atoms with Gasteiger partial charge < -0.3 is 9.57 Å². The predicted molar refractivity (Wildman–Crippen MR) is 92.9 cm³/mol. The van der Waals surface area contributed by atoms with Crippen molar-refractivity contribution in [3.8, 4) is 5.75 Å². The Morgan fingerprint density at radius 3 is 3.00 bits per heavy atom. The summed E-state index contributed by atoms with van der Waals surface area (Å²) >= 11 is 3.24. The van der Waals surface area contributed by atoms with Gasteiger partial charge in [-0.1, -0.05) is 22.6 Å². The van der Waals surface area contributed by atoms with Crippen molar-refractivity contribution in [2.24, 2.45) is 5.16 Å². The molecule has 0 radical (unpaired) electrons. The molecule has 2 heterocycles. The van der Waals surface area contributed by atoms with Gasteiger partial charge in [0.25, 0.3) is 0 Å². The number of oxime groups is 1. The van der Waals surface area contributed by atoms with E-state index in [0.717, 1.165) is 31.9 Å². The standard InChI is InChI=1S/C15H16N4O2S2/c1-10-14(23-15-16-9-17-19(10)15)13(18-21-3)8-22-12-6-4-5-11(7-12)20-2/h4-7,9H,8H2,1-3H3/b18-13-. The summed E-state index contributed by atoms with van der Waals surface area (Å²) in [6, 6.07) is 7.96. The summed E-state index contributed by atoms with van der Waals surface area (Å²) in [6.07, 6.45) is 1.56. The number of nitrogens with zero attached hydrogens (tertiary/aromatic N) is 4. The zero-order valence-corrected chi connectivity index (χ0v) is 14.6. The fourth-order valence-electron chi connectivity index (χ4n) is 2.15. The molecule has 0 saturated carbocycles. The average Bonchev–Trinajstić information content (AvgIpc) is 3.15. The second-order valence-electron chi connectivity index (χ2n) is 4.66. The first-order chi connectivity index (χ1) is 11.2. The Kier molecular flexibility index (Phi) is 4.82. The van der Waals surface area contributed by atoms with Crippen molar-refractivity contribution in [2.45, 2.75) is 11.8 Å². The van der Waals surface area contributed by atoms with Crippen LogP contribution >= 0.6 is 23.1 Å². The Hall–Kier alpha value is -2.06. The molecule has 0 aliphatic heterocycles. The van der Waals surface area contributed by atoms with Gasteiger partial charge in [0.05, 0.1) is 17.7 Å². The lowest BCUT2D eigenvalue weighted by Gasteiger charge is -2.06. The molecular formula is C15H16N4O2S2. The maximum atomic E-state index is 5.26. The molecule has 0 atom stereocenters. The molecule has 0 unspecified atom stereocenters. The third-order valence-electron chi connectivity index (χ3n) is 3.24. The number of aromatic nitrogens is 3. The third-order valence-corrected chi connectivity index (χ3v) is 5.44. The van der Waals surface area contributed by atoms with Gasteiger partial charge in [-0.05, 0) is 25.1 Å². The first-order valence-corrected chi connectivity index (χ1v) is 8.69. The summed E-state index contributed by atoms with van der Waals surface area (Å²) in [5, 5.41) is 8.41. The third kappa shape index (κ3) is 3.32. The lowest BCUT2D eigenvalue weighted by molar-refractivity contribution is 0.213. The lowest BCUT2D eigenvalue weighted by Crippen LogP contribution is -2.06. The van der Waals surface area contributed by atoms with E-state index in [2.05, 4.69) is 15.2 Å². The van der Waals surface area contributed by atoms with E-state index in [1.807, 2.05) is 35.7 Å². The smallest absolute Gasteiger partial charge is 0.212 e. The molecule has 0 spiro atoms. The monoisotopic (exact) mass is 348 g/mol. The minimum Gasteiger partial charge on any atom is -0.497 e. The SMILES string of the molecule is CO/N=C(/CSc1cccc(OC)c1)c1sc2ncnn2c1C. The van der Waals surface area contributed by atoms with E-state index in [0.29, 0.717) is 5.75 Å². The zero-order valence-electron chi connectivity index (χ0n) is 13.0. The molecule has 2 aromatic heterocycles. The van der Waals surface area contributed by atoms with Crippen molar-refractivity contribution in [2.75, 3.05) is 20.0 Å². The first-order valence-electron chi connectivity index (χ1n) is 6.89. The largest absolute Gasteiger partial charge is 0.497 e. The number of hydrogen-bond donors (Lipinski definition) is 0. The van der Waals surface area contributed by atoms with Crippen LogP contribution in [0.4, 0.5) is 0 Å². The van der Waals surface area contributed by atoms with Gasteiger partial charge >= 0.3 is 0 Å². The van der Waals surface area contributed by atoms with Crippen molar-refractivity contribution in [3.63, 3.8) is 0 Å². The van der Waals surface area contributed by atoms with E-state index < -0.39 is 0 Å². The zero-order chi connectivity index (χ0) is 16.2. The number of benzene rings is 1. The van der Waals surface area contributed by atoms with Crippen molar-refractivity contribution >= 4 is 33.8 Å². The van der Waals surface area contributed by atoms with Crippen LogP contribution in [0.3, 0.4) is 0 Å². The van der Waals surface area contributed by atoms with Gasteiger partial charge in [0, 0.05) is 10.6 Å². The Balaban J connectivity index is 1.83. The van der Waals surface area contributed by atoms with Crippen LogP contribution in [-0.2, 0) is 4.84 Å². The predicted octanol–water partition coefficient (Wildman–Crippen LogP) is 3.25. The number of rotatable bonds is 6. The number of thiazole rings is 1. The van der Waals surface area contributed by atoms with Crippen LogP contribution in [0.25, 0.3) is 4.96 Å². The summed E-state index contributed by atoms with van der Waals surface area (Å²) in [5.41, 5.74) is 1.89. The number of hydrogen-bond acceptors (Lipinski definition) is 7. The molecule has 0 fully saturated rings. The molecule has 1 aromatic carbocycles. The first kappa shape index (κ1) is 15.8. The normalized spacial score (nSPS) is 11.9. The molecule has 8 heteroatoms. The molecule has 6 nitrogen and oxygen atoms in total. The van der Waals surface area contributed by atoms with Crippen LogP contribution in [0.2, 0.25) is 0 Å². The Morgan fingerprint density at radius 2 is 2.26 bits per heavy atom. The van der Waals surface area contributed by atoms with Gasteiger partial charge in [-0.3, -0.25) is 0 Å². The second-order valence-corrected chi connectivity index (χ2v) is 6.69. The molecule has 3 rings (SSSR count). The van der Waals surface area contributed by atoms with E-state index in [1.54, 1.807) is 43.6 Å². The fraction of sp³-hybridized carbons (Fsp3) is 0.267. The van der Waals surface area contributed by atoms with Crippen LogP contribution in [0.1, 0.15) is 10.6 Å². The van der Waals surface area contributed by atoms with Gasteiger partial charge in [0.2, 0.25) is 4.96 Å². The quantitative estimate of drug-likeness (QED) is 0.389. The van der Waals surface area contributed by atoms with Crippen molar-refractivity contribution in [1.29, 1.82) is 0 Å². The number of ether oxygens (including phenoxy) is 1. The highest BCUT2D eigenvalue weighted by Crippen LogP contribution is 2.27. The average molecular weight is 348 g/mol. The van der Waals surface area contributed by atoms with Crippen molar-refractivity contribution in [1.82, 2.24) is 14.6 Å². The topological polar surface area (TPSA) is 61.0 Å². The van der Waals surface area contributed by atoms with Crippen LogP contribution in [0.15, 0.2) is 40.6 Å². The van der Waals surface area contributed by atoms with E-state index in [9.17, 15) is 0 Å². The Labute approximate surface area is 142 Å². The van der Waals surface area contributed by atoms with Gasteiger partial charge in [0.1, 0.15) is 24.9 Å². The molecule has 3 aromatic rings. The minimum atomic E-state index is 0.686. The maximum absolute atomic E-state index is 5.26. The number of thioether (sulfide) groups is 1. The molecule has 120 valence electrons. The van der Waals surface area contributed by atoms with Gasteiger partial charge in [0.15, 0.2) is 0 Å². The number of fused-ring (bicyclic) bond motifs is 1. The number of methoxy groups -OCH3 is 1. The molecule has 0 aliphatic carbocycles. The van der Waals surface area contributed by atoms with E-state index in [1.165, 1.54) is 0 Å². The van der Waals surface area contributed by atoms with Crippen LogP contribution in [-0.4, -0.2) is 40.3 Å². The highest BCUT2D eigenvalue weighted by atomic mass is 32.2. The van der Waals surface area contributed by atoms with Crippen LogP contribution in [0.5, 0.6) is 5.75 Å². The lowest BCUT2D eigenvalue weighted by atomic mass is 10.3. The Bertz CT molecular complexity index is 841. The van der Waals surface area contributed by atoms with Crippen molar-refractivity contribution < 1.29 is 9.57 Å². The molecule has 0 amide bonds. The van der Waals surface area contributed by atoms with Gasteiger partial charge in [-0.15, -0.1) is 11.8 Å². The Morgan fingerprint density at radius 1 is 1.39 bits per heavy atom. The molecule has 0 aliphatic rings. The summed E-state index contributed by atoms with van der Waals surface area (Å²) < 4.78 is 7.08. The fourth-order valence-corrected chi connectivity index (χ4v) is 4.13. The summed E-state index contributed by atoms with van der Waals surface area (Å²) in [4.78, 5) is 12.3. The highest BCUT2D eigenvalue weighted by Gasteiger charge is 2.16. The molecular weight excluding hydrogens is 332 g/mol. The van der Waals surface area contributed by atoms with Crippen LogP contribution < -0.4 is 4.74 Å². The molecule has 0 N–H and O–H groups in total. The van der Waals surface area contributed by atoms with E-state index in [-0.39, 0.29) is 0 Å². The van der Waals surface area contributed by atoms with Gasteiger partial charge in [-0.2, -0.15) is 5.10 Å². The van der Waals surface area contributed by atoms with Gasteiger partial charge in [-0.25, -0.2) is 9.50 Å². The molecule has 0 saturated heterocycles. The summed E-state index contributed by atoms with van der Waals surface area (Å²) in [5.74, 6) is 1.53. The highest BCUT2D eigenvalue weighted by molar-refractivity contribution is 8.00. The van der Waals surface area contributed by atoms with E-state index >= 15 is 0 Å². The minimum absolute atomic E-state index is 0.686. The second kappa shape index (κ2) is 7.01. The number of aryl methyl sites for hydroxylation is 1. The van der Waals surface area contributed by atoms with E-state index in [4.69, 9.17) is 9.57 Å². The maximum Gasteiger partial charge on any atom is 0.212 e.